The van der Waals surface area contributed by atoms with Crippen LogP contribution in [0.25, 0.3) is 0 Å². The monoisotopic (exact) mass is 273 g/mol. The number of methoxy groups -OCH3 is 1. The first kappa shape index (κ1) is 14.5. The highest BCUT2D eigenvalue weighted by Gasteiger charge is 2.08. The predicted octanol–water partition coefficient (Wildman–Crippen LogP) is 4.08. The summed E-state index contributed by atoms with van der Waals surface area (Å²) < 4.78 is 18.2. The molecule has 1 N–H and O–H groups in total. The van der Waals surface area contributed by atoms with Gasteiger partial charge in [0.05, 0.1) is 7.11 Å². The molecule has 1 atom stereocenters. The van der Waals surface area contributed by atoms with Crippen LogP contribution in [0.4, 0.5) is 4.39 Å². The summed E-state index contributed by atoms with van der Waals surface area (Å²) in [7, 11) is 1.67. The molecule has 106 valence electrons. The van der Waals surface area contributed by atoms with E-state index in [1.54, 1.807) is 7.11 Å². The lowest BCUT2D eigenvalue weighted by atomic mass is 10.0. The number of benzene rings is 2. The number of rotatable bonds is 6. The van der Waals surface area contributed by atoms with Crippen LogP contribution in [0.2, 0.25) is 0 Å². The Hall–Kier alpha value is -1.87. The van der Waals surface area contributed by atoms with Gasteiger partial charge in [-0.25, -0.2) is 4.39 Å². The van der Waals surface area contributed by atoms with Crippen LogP contribution in [-0.4, -0.2) is 7.11 Å². The third-order valence-electron chi connectivity index (χ3n) is 3.37. The normalized spacial score (nSPS) is 12.2. The second-order valence-corrected chi connectivity index (χ2v) is 4.74. The topological polar surface area (TPSA) is 21.3 Å². The van der Waals surface area contributed by atoms with E-state index in [0.717, 1.165) is 24.3 Å². The summed E-state index contributed by atoms with van der Waals surface area (Å²) in [5.41, 5.74) is 2.28. The molecule has 0 aromatic heterocycles. The molecule has 0 amide bonds. The van der Waals surface area contributed by atoms with Gasteiger partial charge in [0.15, 0.2) is 0 Å². The van der Waals surface area contributed by atoms with Gasteiger partial charge in [0, 0.05) is 12.6 Å². The Labute approximate surface area is 119 Å². The fourth-order valence-electron chi connectivity index (χ4n) is 2.22. The highest BCUT2D eigenvalue weighted by Crippen LogP contribution is 2.19. The van der Waals surface area contributed by atoms with Crippen LogP contribution in [0.3, 0.4) is 0 Å². The minimum Gasteiger partial charge on any atom is -0.497 e. The van der Waals surface area contributed by atoms with Crippen molar-refractivity contribution in [3.05, 3.63) is 65.5 Å². The standard InChI is InChI=1S/C17H20FNO/c1-3-17(14-7-9-15(18)10-8-14)19-12-13-5-4-6-16(11-13)20-2/h4-11,17,19H,3,12H2,1-2H3. The minimum atomic E-state index is -0.198. The third kappa shape index (κ3) is 3.81. The summed E-state index contributed by atoms with van der Waals surface area (Å²) in [6, 6.07) is 14.9. The van der Waals surface area contributed by atoms with Crippen LogP contribution in [-0.2, 0) is 6.54 Å². The summed E-state index contributed by atoms with van der Waals surface area (Å²) in [4.78, 5) is 0. The highest BCUT2D eigenvalue weighted by molar-refractivity contribution is 5.28. The summed E-state index contributed by atoms with van der Waals surface area (Å²) >= 11 is 0. The maximum Gasteiger partial charge on any atom is 0.123 e. The van der Waals surface area contributed by atoms with Crippen molar-refractivity contribution in [1.82, 2.24) is 5.32 Å². The molecule has 0 heterocycles. The molecule has 2 aromatic rings. The van der Waals surface area contributed by atoms with E-state index < -0.39 is 0 Å². The van der Waals surface area contributed by atoms with Crippen LogP contribution in [0, 0.1) is 5.82 Å². The van der Waals surface area contributed by atoms with Gasteiger partial charge in [-0.3, -0.25) is 0 Å². The number of halogens is 1. The first-order chi connectivity index (χ1) is 9.72. The molecule has 0 saturated heterocycles. The first-order valence-corrected chi connectivity index (χ1v) is 6.84. The van der Waals surface area contributed by atoms with E-state index in [0.29, 0.717) is 0 Å². The summed E-state index contributed by atoms with van der Waals surface area (Å²) in [6.45, 7) is 2.87. The first-order valence-electron chi connectivity index (χ1n) is 6.84. The molecule has 1 unspecified atom stereocenters. The molecule has 0 fully saturated rings. The largest absolute Gasteiger partial charge is 0.497 e. The lowest BCUT2D eigenvalue weighted by Crippen LogP contribution is -2.20. The van der Waals surface area contributed by atoms with E-state index in [9.17, 15) is 4.39 Å². The molecule has 0 radical (unpaired) electrons. The van der Waals surface area contributed by atoms with Crippen molar-refractivity contribution in [2.24, 2.45) is 0 Å². The molecule has 3 heteroatoms. The average Bonchev–Trinajstić information content (AvgIpc) is 2.50. The molecule has 20 heavy (non-hydrogen) atoms. The van der Waals surface area contributed by atoms with Crippen LogP contribution in [0.5, 0.6) is 5.75 Å². The van der Waals surface area contributed by atoms with Gasteiger partial charge in [-0.15, -0.1) is 0 Å². The fraction of sp³-hybridized carbons (Fsp3) is 0.294. The molecule has 2 rings (SSSR count). The van der Waals surface area contributed by atoms with Crippen LogP contribution in [0.15, 0.2) is 48.5 Å². The maximum atomic E-state index is 13.0. The minimum absolute atomic E-state index is 0.198. The fourth-order valence-corrected chi connectivity index (χ4v) is 2.22. The summed E-state index contributed by atoms with van der Waals surface area (Å²) in [6.07, 6.45) is 0.954. The van der Waals surface area contributed by atoms with Crippen molar-refractivity contribution in [3.63, 3.8) is 0 Å². The summed E-state index contributed by atoms with van der Waals surface area (Å²) in [5, 5.41) is 3.49. The summed E-state index contributed by atoms with van der Waals surface area (Å²) in [5.74, 6) is 0.663. The van der Waals surface area contributed by atoms with Crippen molar-refractivity contribution in [3.8, 4) is 5.75 Å². The molecule has 0 saturated carbocycles. The van der Waals surface area contributed by atoms with Gasteiger partial charge < -0.3 is 10.1 Å². The molecular formula is C17H20FNO. The lowest BCUT2D eigenvalue weighted by Gasteiger charge is -2.17. The van der Waals surface area contributed by atoms with Gasteiger partial charge in [0.1, 0.15) is 11.6 Å². The van der Waals surface area contributed by atoms with Crippen molar-refractivity contribution in [2.45, 2.75) is 25.9 Å². The van der Waals surface area contributed by atoms with Gasteiger partial charge in [-0.05, 0) is 41.8 Å². The highest BCUT2D eigenvalue weighted by atomic mass is 19.1. The van der Waals surface area contributed by atoms with Crippen molar-refractivity contribution >= 4 is 0 Å². The molecule has 0 aliphatic rings. The zero-order valence-electron chi connectivity index (χ0n) is 11.9. The van der Waals surface area contributed by atoms with Crippen LogP contribution >= 0.6 is 0 Å². The van der Waals surface area contributed by atoms with Gasteiger partial charge in [-0.1, -0.05) is 31.2 Å². The Morgan fingerprint density at radius 1 is 1.15 bits per heavy atom. The van der Waals surface area contributed by atoms with Gasteiger partial charge in [-0.2, -0.15) is 0 Å². The van der Waals surface area contributed by atoms with E-state index in [1.165, 1.54) is 17.7 Å². The van der Waals surface area contributed by atoms with Gasteiger partial charge in [0.2, 0.25) is 0 Å². The lowest BCUT2D eigenvalue weighted by molar-refractivity contribution is 0.413. The van der Waals surface area contributed by atoms with Crippen LogP contribution < -0.4 is 10.1 Å². The Morgan fingerprint density at radius 3 is 2.55 bits per heavy atom. The molecular weight excluding hydrogens is 253 g/mol. The van der Waals surface area contributed by atoms with E-state index in [1.807, 2.05) is 30.3 Å². The second-order valence-electron chi connectivity index (χ2n) is 4.74. The molecule has 0 bridgehead atoms. The number of hydrogen-bond acceptors (Lipinski definition) is 2. The Kier molecular flexibility index (Phi) is 5.13. The molecule has 2 aromatic carbocycles. The zero-order chi connectivity index (χ0) is 14.4. The zero-order valence-corrected chi connectivity index (χ0v) is 11.9. The average molecular weight is 273 g/mol. The number of hydrogen-bond donors (Lipinski definition) is 1. The van der Waals surface area contributed by atoms with E-state index in [4.69, 9.17) is 4.74 Å². The van der Waals surface area contributed by atoms with Crippen molar-refractivity contribution in [1.29, 1.82) is 0 Å². The number of nitrogens with one attached hydrogen (secondary N) is 1. The van der Waals surface area contributed by atoms with E-state index in [-0.39, 0.29) is 11.9 Å². The Morgan fingerprint density at radius 2 is 1.90 bits per heavy atom. The number of ether oxygens (including phenoxy) is 1. The smallest absolute Gasteiger partial charge is 0.123 e. The van der Waals surface area contributed by atoms with E-state index in [2.05, 4.69) is 18.3 Å². The molecule has 0 aliphatic carbocycles. The van der Waals surface area contributed by atoms with Crippen molar-refractivity contribution < 1.29 is 9.13 Å². The quantitative estimate of drug-likeness (QED) is 0.856. The van der Waals surface area contributed by atoms with Crippen LogP contribution in [0.1, 0.15) is 30.5 Å². The van der Waals surface area contributed by atoms with E-state index >= 15 is 0 Å². The SMILES string of the molecule is CCC(NCc1cccc(OC)c1)c1ccc(F)cc1. The molecule has 0 spiro atoms. The van der Waals surface area contributed by atoms with Gasteiger partial charge >= 0.3 is 0 Å². The Bertz CT molecular complexity index is 539. The third-order valence-corrected chi connectivity index (χ3v) is 3.37. The molecule has 0 aliphatic heterocycles. The molecule has 2 nitrogen and oxygen atoms in total. The Balaban J connectivity index is 2.01. The maximum absolute atomic E-state index is 13.0. The van der Waals surface area contributed by atoms with Gasteiger partial charge in [0.25, 0.3) is 0 Å². The second kappa shape index (κ2) is 7.06. The predicted molar refractivity (Wildman–Crippen MR) is 79.3 cm³/mol. The van der Waals surface area contributed by atoms with Crippen molar-refractivity contribution in [2.75, 3.05) is 7.11 Å².